The van der Waals surface area contributed by atoms with Crippen molar-refractivity contribution in [2.45, 2.75) is 13.5 Å². The highest BCUT2D eigenvalue weighted by molar-refractivity contribution is 5.92. The molecule has 0 saturated carbocycles. The van der Waals surface area contributed by atoms with E-state index < -0.39 is 17.3 Å². The molecule has 0 aliphatic carbocycles. The standard InChI is InChI=1S/C5H7F2N3O2/c1-3(9-5(6)7)2-4(8)10(11)12/h2,5H,8H2,1H3. The van der Waals surface area contributed by atoms with Crippen LogP contribution in [0.4, 0.5) is 8.78 Å². The van der Waals surface area contributed by atoms with Gasteiger partial charge in [-0.25, -0.2) is 4.99 Å². The minimum Gasteiger partial charge on any atom is -0.358 e. The van der Waals surface area contributed by atoms with Gasteiger partial charge in [-0.3, -0.25) is 5.73 Å². The third kappa shape index (κ3) is 4.31. The predicted octanol–water partition coefficient (Wildman–Crippen LogP) is 0.747. The van der Waals surface area contributed by atoms with Crippen molar-refractivity contribution < 1.29 is 13.7 Å². The average molecular weight is 179 g/mol. The van der Waals surface area contributed by atoms with Crippen LogP contribution in [0.5, 0.6) is 0 Å². The lowest BCUT2D eigenvalue weighted by atomic mass is 10.4. The van der Waals surface area contributed by atoms with Gasteiger partial charge in [-0.05, 0) is 11.8 Å². The Labute approximate surface area is 66.7 Å². The highest BCUT2D eigenvalue weighted by Gasteiger charge is 2.02. The third-order valence-corrected chi connectivity index (χ3v) is 0.869. The van der Waals surface area contributed by atoms with Gasteiger partial charge < -0.3 is 10.1 Å². The van der Waals surface area contributed by atoms with Gasteiger partial charge in [-0.2, -0.15) is 8.78 Å². The molecule has 0 fully saturated rings. The first-order chi connectivity index (χ1) is 5.43. The van der Waals surface area contributed by atoms with Crippen LogP contribution in [0.15, 0.2) is 16.9 Å². The van der Waals surface area contributed by atoms with Crippen LogP contribution in [0.25, 0.3) is 0 Å². The SMILES string of the molecule is CC(C=C(N)[N+](=O)[O-])=NC(F)F. The van der Waals surface area contributed by atoms with Gasteiger partial charge in [0.25, 0.3) is 0 Å². The number of rotatable bonds is 3. The average Bonchev–Trinajstić information content (AvgIpc) is 1.84. The summed E-state index contributed by atoms with van der Waals surface area (Å²) in [6.45, 7) is -1.68. The number of halogens is 2. The minimum absolute atomic E-state index is 0.181. The topological polar surface area (TPSA) is 81.5 Å². The molecule has 0 aromatic heterocycles. The Kier molecular flexibility index (Phi) is 3.81. The quantitative estimate of drug-likeness (QED) is 0.300. The summed E-state index contributed by atoms with van der Waals surface area (Å²) in [5.74, 6) is -0.711. The fourth-order valence-electron chi connectivity index (χ4n) is 0.458. The van der Waals surface area contributed by atoms with Gasteiger partial charge in [0.2, 0.25) is 0 Å². The van der Waals surface area contributed by atoms with Crippen molar-refractivity contribution in [2.24, 2.45) is 10.7 Å². The first kappa shape index (κ1) is 10.5. The van der Waals surface area contributed by atoms with Crippen LogP contribution < -0.4 is 5.73 Å². The van der Waals surface area contributed by atoms with E-state index in [9.17, 15) is 18.9 Å². The molecular weight excluding hydrogens is 172 g/mol. The summed E-state index contributed by atoms with van der Waals surface area (Å²) < 4.78 is 23.0. The van der Waals surface area contributed by atoms with E-state index in [-0.39, 0.29) is 5.71 Å². The number of aliphatic imine (C=N–C) groups is 1. The number of nitro groups is 1. The van der Waals surface area contributed by atoms with Gasteiger partial charge in [-0.15, -0.1) is 0 Å². The van der Waals surface area contributed by atoms with Gasteiger partial charge >= 0.3 is 12.4 Å². The maximum absolute atomic E-state index is 11.5. The molecule has 0 rings (SSSR count). The summed E-state index contributed by atoms with van der Waals surface area (Å²) in [6.07, 6.45) is 0.770. The molecule has 0 saturated heterocycles. The van der Waals surface area contributed by atoms with E-state index in [2.05, 4.69) is 4.99 Å². The van der Waals surface area contributed by atoms with Crippen LogP contribution in [0.1, 0.15) is 6.92 Å². The van der Waals surface area contributed by atoms with Crippen LogP contribution in [0, 0.1) is 10.1 Å². The van der Waals surface area contributed by atoms with Gasteiger partial charge in [0, 0.05) is 5.71 Å². The number of alkyl halides is 2. The van der Waals surface area contributed by atoms with Gasteiger partial charge in [-0.1, -0.05) is 0 Å². The lowest BCUT2D eigenvalue weighted by molar-refractivity contribution is -0.426. The Morgan fingerprint density at radius 2 is 2.25 bits per heavy atom. The van der Waals surface area contributed by atoms with Gasteiger partial charge in [0.1, 0.15) is 0 Å². The van der Waals surface area contributed by atoms with Crippen LogP contribution in [0.3, 0.4) is 0 Å². The van der Waals surface area contributed by atoms with Crippen molar-refractivity contribution in [3.8, 4) is 0 Å². The number of hydrogen-bond acceptors (Lipinski definition) is 4. The Hall–Kier alpha value is -1.53. The molecule has 0 atom stereocenters. The van der Waals surface area contributed by atoms with Crippen LogP contribution in [-0.2, 0) is 0 Å². The fourth-order valence-corrected chi connectivity index (χ4v) is 0.458. The minimum atomic E-state index is -2.87. The molecule has 2 N–H and O–H groups in total. The molecule has 7 heteroatoms. The second kappa shape index (κ2) is 4.37. The highest BCUT2D eigenvalue weighted by atomic mass is 19.3. The van der Waals surface area contributed by atoms with Crippen molar-refractivity contribution in [2.75, 3.05) is 0 Å². The summed E-state index contributed by atoms with van der Waals surface area (Å²) in [4.78, 5) is 11.7. The third-order valence-electron chi connectivity index (χ3n) is 0.869. The summed E-state index contributed by atoms with van der Waals surface area (Å²) in [5, 5.41) is 9.89. The molecule has 0 radical (unpaired) electrons. The molecule has 12 heavy (non-hydrogen) atoms. The summed E-state index contributed by atoms with van der Waals surface area (Å²) in [6, 6.07) is 0. The molecule has 0 heterocycles. The molecule has 68 valence electrons. The lowest BCUT2D eigenvalue weighted by Crippen LogP contribution is -2.10. The van der Waals surface area contributed by atoms with E-state index in [4.69, 9.17) is 5.73 Å². The van der Waals surface area contributed by atoms with E-state index >= 15 is 0 Å². The number of allylic oxidation sites excluding steroid dienone is 1. The largest absolute Gasteiger partial charge is 0.358 e. The molecule has 0 aliphatic rings. The molecular formula is C5H7F2N3O2. The molecule has 0 unspecified atom stereocenters. The molecule has 0 spiro atoms. The van der Waals surface area contributed by atoms with Crippen molar-refractivity contribution in [1.82, 2.24) is 0 Å². The zero-order chi connectivity index (χ0) is 9.72. The predicted molar refractivity (Wildman–Crippen MR) is 38.4 cm³/mol. The van der Waals surface area contributed by atoms with Crippen LogP contribution >= 0.6 is 0 Å². The molecule has 0 bridgehead atoms. The Morgan fingerprint density at radius 3 is 2.58 bits per heavy atom. The van der Waals surface area contributed by atoms with E-state index in [1.54, 1.807) is 0 Å². The summed E-state index contributed by atoms with van der Waals surface area (Å²) in [7, 11) is 0. The van der Waals surface area contributed by atoms with E-state index in [0.29, 0.717) is 0 Å². The Bertz CT molecular complexity index is 237. The van der Waals surface area contributed by atoms with E-state index in [0.717, 1.165) is 6.08 Å². The van der Waals surface area contributed by atoms with Crippen LogP contribution in [-0.4, -0.2) is 17.2 Å². The van der Waals surface area contributed by atoms with Crippen LogP contribution in [0.2, 0.25) is 0 Å². The summed E-state index contributed by atoms with van der Waals surface area (Å²) >= 11 is 0. The molecule has 0 aromatic rings. The first-order valence-electron chi connectivity index (χ1n) is 2.87. The Balaban J connectivity index is 4.43. The van der Waals surface area contributed by atoms with Crippen molar-refractivity contribution >= 4 is 5.71 Å². The first-order valence-corrected chi connectivity index (χ1v) is 2.87. The monoisotopic (exact) mass is 179 g/mol. The molecule has 5 nitrogen and oxygen atoms in total. The second-order valence-corrected chi connectivity index (χ2v) is 1.87. The normalized spacial score (nSPS) is 13.7. The zero-order valence-corrected chi connectivity index (χ0v) is 6.20. The second-order valence-electron chi connectivity index (χ2n) is 1.87. The summed E-state index contributed by atoms with van der Waals surface area (Å²) in [5.41, 5.74) is 4.65. The van der Waals surface area contributed by atoms with Crippen molar-refractivity contribution in [1.29, 1.82) is 0 Å². The molecule has 0 amide bonds. The van der Waals surface area contributed by atoms with Crippen molar-refractivity contribution in [3.63, 3.8) is 0 Å². The number of nitrogens with two attached hydrogens (primary N) is 1. The molecule has 0 aliphatic heterocycles. The van der Waals surface area contributed by atoms with Crippen molar-refractivity contribution in [3.05, 3.63) is 22.0 Å². The maximum Gasteiger partial charge on any atom is 0.332 e. The Morgan fingerprint density at radius 1 is 1.75 bits per heavy atom. The van der Waals surface area contributed by atoms with E-state index in [1.807, 2.05) is 0 Å². The number of hydrogen-bond donors (Lipinski definition) is 1. The maximum atomic E-state index is 11.5. The number of nitrogens with zero attached hydrogens (tertiary/aromatic N) is 2. The van der Waals surface area contributed by atoms with Gasteiger partial charge in [0.05, 0.1) is 6.08 Å². The highest BCUT2D eigenvalue weighted by Crippen LogP contribution is 1.96. The lowest BCUT2D eigenvalue weighted by Gasteiger charge is -1.94. The van der Waals surface area contributed by atoms with E-state index in [1.165, 1.54) is 6.92 Å². The van der Waals surface area contributed by atoms with Gasteiger partial charge in [0.15, 0.2) is 0 Å². The molecule has 0 aromatic carbocycles. The smallest absolute Gasteiger partial charge is 0.332 e. The fraction of sp³-hybridized carbons (Fsp3) is 0.400. The zero-order valence-electron chi connectivity index (χ0n) is 6.20.